The van der Waals surface area contributed by atoms with Crippen molar-refractivity contribution in [2.24, 2.45) is 0 Å². The Morgan fingerprint density at radius 2 is 1.94 bits per heavy atom. The van der Waals surface area contributed by atoms with Crippen LogP contribution in [0.25, 0.3) is 12.7 Å². The first-order valence-corrected chi connectivity index (χ1v) is 12.1. The van der Waals surface area contributed by atoms with Gasteiger partial charge in [-0.25, -0.2) is 4.98 Å². The van der Waals surface area contributed by atoms with Crippen LogP contribution in [-0.4, -0.2) is 22.6 Å². The van der Waals surface area contributed by atoms with Gasteiger partial charge in [0.2, 0.25) is 0 Å². The number of anilines is 2. The number of nitrogens with zero attached hydrogens (tertiary/aromatic N) is 3. The van der Waals surface area contributed by atoms with Crippen molar-refractivity contribution < 1.29 is 0 Å². The summed E-state index contributed by atoms with van der Waals surface area (Å²) in [5.41, 5.74) is 4.71. The third kappa shape index (κ3) is 6.88. The summed E-state index contributed by atoms with van der Waals surface area (Å²) in [4.78, 5) is 7.24. The van der Waals surface area contributed by atoms with Gasteiger partial charge in [-0.1, -0.05) is 38.7 Å². The first-order chi connectivity index (χ1) is 15.4. The van der Waals surface area contributed by atoms with E-state index in [1.807, 2.05) is 19.1 Å². The highest BCUT2D eigenvalue weighted by atomic mass is 15.1. The van der Waals surface area contributed by atoms with Crippen LogP contribution >= 0.6 is 0 Å². The summed E-state index contributed by atoms with van der Waals surface area (Å²) in [7, 11) is 0. The molecule has 1 N–H and O–H groups in total. The molecule has 0 aliphatic rings. The number of nitrogens with one attached hydrogen (secondary N) is 1. The molecule has 0 atom stereocenters. The van der Waals surface area contributed by atoms with Crippen molar-refractivity contribution in [1.29, 1.82) is 0 Å². The number of unbranched alkanes of at least 4 members (excludes halogenated alkanes) is 1. The van der Waals surface area contributed by atoms with E-state index in [2.05, 4.69) is 79.9 Å². The van der Waals surface area contributed by atoms with E-state index in [0.717, 1.165) is 79.6 Å². The van der Waals surface area contributed by atoms with Gasteiger partial charge in [0, 0.05) is 43.1 Å². The van der Waals surface area contributed by atoms with Gasteiger partial charge in [-0.3, -0.25) is 0 Å². The van der Waals surface area contributed by atoms with Crippen molar-refractivity contribution in [1.82, 2.24) is 9.55 Å². The third-order valence-corrected chi connectivity index (χ3v) is 5.89. The van der Waals surface area contributed by atoms with E-state index in [1.54, 1.807) is 0 Å². The van der Waals surface area contributed by atoms with Crippen molar-refractivity contribution in [3.63, 3.8) is 0 Å². The van der Waals surface area contributed by atoms with E-state index in [-0.39, 0.29) is 0 Å². The fourth-order valence-corrected chi connectivity index (χ4v) is 3.94. The molecule has 0 saturated carbocycles. The second-order valence-electron chi connectivity index (χ2n) is 8.31. The monoisotopic (exact) mass is 434 g/mol. The molecule has 0 bridgehead atoms. The van der Waals surface area contributed by atoms with Gasteiger partial charge >= 0.3 is 0 Å². The number of aromatic nitrogens is 2. The van der Waals surface area contributed by atoms with Gasteiger partial charge in [-0.15, -0.1) is 0 Å². The van der Waals surface area contributed by atoms with Crippen LogP contribution in [0.5, 0.6) is 0 Å². The molecule has 0 aliphatic carbocycles. The van der Waals surface area contributed by atoms with Crippen molar-refractivity contribution in [2.45, 2.75) is 73.3 Å². The summed E-state index contributed by atoms with van der Waals surface area (Å²) in [6.07, 6.45) is 11.3. The minimum absolute atomic E-state index is 0.915. The first-order valence-electron chi connectivity index (χ1n) is 12.1. The Morgan fingerprint density at radius 1 is 1.19 bits per heavy atom. The van der Waals surface area contributed by atoms with E-state index >= 15 is 0 Å². The maximum atomic E-state index is 4.88. The van der Waals surface area contributed by atoms with Gasteiger partial charge < -0.3 is 14.8 Å². The molecule has 1 aromatic heterocycles. The number of hydrogen-bond acceptors (Lipinski definition) is 3. The Hall–Kier alpha value is -2.75. The number of benzene rings is 1. The minimum atomic E-state index is 0.915. The van der Waals surface area contributed by atoms with E-state index in [1.165, 1.54) is 11.3 Å². The smallest absolute Gasteiger partial charge is 0.109 e. The van der Waals surface area contributed by atoms with Gasteiger partial charge in [-0.2, -0.15) is 0 Å². The Morgan fingerprint density at radius 3 is 2.56 bits per heavy atom. The van der Waals surface area contributed by atoms with Crippen LogP contribution in [0.2, 0.25) is 0 Å². The zero-order valence-electron chi connectivity index (χ0n) is 20.9. The Bertz CT molecular complexity index is 1010. The molecule has 0 spiro atoms. The number of imidazole rings is 1. The topological polar surface area (TPSA) is 33.1 Å². The highest BCUT2D eigenvalue weighted by Gasteiger charge is 2.09. The fourth-order valence-electron chi connectivity index (χ4n) is 3.94. The van der Waals surface area contributed by atoms with Gasteiger partial charge in [0.1, 0.15) is 5.82 Å². The van der Waals surface area contributed by atoms with Crippen LogP contribution in [0.4, 0.5) is 11.4 Å². The average molecular weight is 435 g/mol. The standard InChI is InChI=1S/C28H42N4/c1-8-12-16-27-24(7)32(20-13-9-2)28(30-27)17-14-15-23(6)29-26-19-18-25(21-22(26)5)31(10-3)11-4/h8,12,16,18-19,21,29H,6-7,9-11,13-15,17,20H2,1-5H3/b12-8-,27-16+. The Balaban J connectivity index is 2.01. The largest absolute Gasteiger partial charge is 0.372 e. The van der Waals surface area contributed by atoms with Crippen molar-refractivity contribution >= 4 is 24.0 Å². The van der Waals surface area contributed by atoms with E-state index in [0.29, 0.717) is 0 Å². The van der Waals surface area contributed by atoms with Crippen LogP contribution < -0.4 is 20.9 Å². The van der Waals surface area contributed by atoms with Crippen LogP contribution in [0.15, 0.2) is 42.6 Å². The number of allylic oxidation sites excluding steroid dienone is 3. The summed E-state index contributed by atoms with van der Waals surface area (Å²) in [6.45, 7) is 22.4. The first kappa shape index (κ1) is 25.5. The molecule has 0 aliphatic heterocycles. The van der Waals surface area contributed by atoms with Gasteiger partial charge in [0.25, 0.3) is 0 Å². The lowest BCUT2D eigenvalue weighted by molar-refractivity contribution is 0.583. The lowest BCUT2D eigenvalue weighted by Crippen LogP contribution is -2.28. The van der Waals surface area contributed by atoms with E-state index < -0.39 is 0 Å². The number of hydrogen-bond donors (Lipinski definition) is 1. The molecular formula is C28H42N4. The molecule has 4 nitrogen and oxygen atoms in total. The van der Waals surface area contributed by atoms with Crippen molar-refractivity contribution in [3.8, 4) is 0 Å². The summed E-state index contributed by atoms with van der Waals surface area (Å²) < 4.78 is 2.30. The molecule has 0 radical (unpaired) electrons. The van der Waals surface area contributed by atoms with Crippen LogP contribution in [0.3, 0.4) is 0 Å². The zero-order chi connectivity index (χ0) is 23.5. The van der Waals surface area contributed by atoms with Crippen molar-refractivity contribution in [2.75, 3.05) is 23.3 Å². The molecule has 0 amide bonds. The summed E-state index contributed by atoms with van der Waals surface area (Å²) in [5, 5.41) is 5.53. The quantitative estimate of drug-likeness (QED) is 0.448. The highest BCUT2D eigenvalue weighted by Crippen LogP contribution is 2.24. The van der Waals surface area contributed by atoms with Crippen LogP contribution in [0, 0.1) is 6.92 Å². The average Bonchev–Trinajstić information content (AvgIpc) is 3.07. The predicted octanol–water partition coefficient (Wildman–Crippen LogP) is 5.55. The third-order valence-electron chi connectivity index (χ3n) is 5.89. The molecule has 1 aromatic carbocycles. The zero-order valence-corrected chi connectivity index (χ0v) is 20.9. The summed E-state index contributed by atoms with van der Waals surface area (Å²) in [6, 6.07) is 6.62. The summed E-state index contributed by atoms with van der Waals surface area (Å²) >= 11 is 0. The fraction of sp³-hybridized carbons (Fsp3) is 0.464. The maximum Gasteiger partial charge on any atom is 0.109 e. The molecule has 0 unspecified atom stereocenters. The van der Waals surface area contributed by atoms with Gasteiger partial charge in [0.15, 0.2) is 0 Å². The molecule has 1 heterocycles. The molecule has 32 heavy (non-hydrogen) atoms. The maximum absolute atomic E-state index is 4.88. The lowest BCUT2D eigenvalue weighted by Gasteiger charge is -2.22. The van der Waals surface area contributed by atoms with Gasteiger partial charge in [0.05, 0.1) is 10.7 Å². The molecule has 4 heteroatoms. The Labute approximate surface area is 195 Å². The number of aryl methyl sites for hydroxylation is 2. The molecule has 0 saturated heterocycles. The van der Waals surface area contributed by atoms with Gasteiger partial charge in [-0.05, 0) is 76.8 Å². The lowest BCUT2D eigenvalue weighted by atomic mass is 10.1. The molecular weight excluding hydrogens is 392 g/mol. The Kier molecular flexibility index (Phi) is 10.3. The van der Waals surface area contributed by atoms with Crippen LogP contribution in [0.1, 0.15) is 64.8 Å². The normalized spacial score (nSPS) is 12.0. The molecule has 174 valence electrons. The van der Waals surface area contributed by atoms with Crippen LogP contribution in [-0.2, 0) is 13.0 Å². The second-order valence-corrected chi connectivity index (χ2v) is 8.31. The molecule has 0 fully saturated rings. The van der Waals surface area contributed by atoms with E-state index in [4.69, 9.17) is 4.98 Å². The SMILES string of the molecule is C=C(CCCc1n/c(=C/C=C\C)c(=C)n1CCCC)Nc1ccc(N(CC)CC)cc1C. The number of rotatable bonds is 13. The second kappa shape index (κ2) is 12.9. The van der Waals surface area contributed by atoms with Crippen molar-refractivity contribution in [3.05, 3.63) is 64.7 Å². The predicted molar refractivity (Wildman–Crippen MR) is 142 cm³/mol. The molecule has 2 aromatic rings. The minimum Gasteiger partial charge on any atom is -0.372 e. The summed E-state index contributed by atoms with van der Waals surface area (Å²) in [5.74, 6) is 1.13. The molecule has 2 rings (SSSR count). The highest BCUT2D eigenvalue weighted by molar-refractivity contribution is 5.62. The van der Waals surface area contributed by atoms with E-state index in [9.17, 15) is 0 Å².